The van der Waals surface area contributed by atoms with Gasteiger partial charge in [-0.1, -0.05) is 0 Å². The Labute approximate surface area is 79.1 Å². The molecule has 4 heteroatoms. The van der Waals surface area contributed by atoms with E-state index in [0.717, 1.165) is 6.07 Å². The fourth-order valence-corrected chi connectivity index (χ4v) is 1.29. The first-order valence-corrected chi connectivity index (χ1v) is 4.00. The number of rotatable bonds is 1. The van der Waals surface area contributed by atoms with Crippen LogP contribution >= 0.6 is 0 Å². The molecule has 2 rings (SSSR count). The SMILES string of the molecule is COc1cc2ccnc(F)c2cc1F. The minimum Gasteiger partial charge on any atom is -0.494 e. The minimum absolute atomic E-state index is 0.100. The van der Waals surface area contributed by atoms with Crippen molar-refractivity contribution in [3.63, 3.8) is 0 Å². The third-order valence-corrected chi connectivity index (χ3v) is 1.99. The average molecular weight is 195 g/mol. The number of aromatic nitrogens is 1. The Morgan fingerprint density at radius 3 is 2.79 bits per heavy atom. The second-order valence-corrected chi connectivity index (χ2v) is 2.81. The summed E-state index contributed by atoms with van der Waals surface area (Å²) in [5.41, 5.74) is 0. The predicted octanol–water partition coefficient (Wildman–Crippen LogP) is 2.52. The minimum atomic E-state index is -0.677. The molecule has 2 nitrogen and oxygen atoms in total. The first-order chi connectivity index (χ1) is 6.72. The van der Waals surface area contributed by atoms with Crippen LogP contribution in [0.5, 0.6) is 5.75 Å². The highest BCUT2D eigenvalue weighted by Gasteiger charge is 2.07. The highest BCUT2D eigenvalue weighted by molar-refractivity contribution is 5.83. The summed E-state index contributed by atoms with van der Waals surface area (Å²) in [6.45, 7) is 0. The number of methoxy groups -OCH3 is 1. The summed E-state index contributed by atoms with van der Waals surface area (Å²) in [5, 5.41) is 0.724. The highest BCUT2D eigenvalue weighted by atomic mass is 19.1. The van der Waals surface area contributed by atoms with Gasteiger partial charge in [0.1, 0.15) is 0 Å². The molecule has 0 atom stereocenters. The number of hydrogen-bond donors (Lipinski definition) is 0. The highest BCUT2D eigenvalue weighted by Crippen LogP contribution is 2.25. The zero-order valence-electron chi connectivity index (χ0n) is 7.42. The molecule has 0 unspecified atom stereocenters. The van der Waals surface area contributed by atoms with Gasteiger partial charge < -0.3 is 4.74 Å². The Hall–Kier alpha value is -1.71. The van der Waals surface area contributed by atoms with Gasteiger partial charge in [-0.3, -0.25) is 0 Å². The maximum atomic E-state index is 13.2. The lowest BCUT2D eigenvalue weighted by atomic mass is 10.1. The molecule has 0 saturated heterocycles. The van der Waals surface area contributed by atoms with Crippen LogP contribution in [-0.4, -0.2) is 12.1 Å². The first kappa shape index (κ1) is 8.87. The summed E-state index contributed by atoms with van der Waals surface area (Å²) in [5.74, 6) is -1.17. The van der Waals surface area contributed by atoms with Crippen molar-refractivity contribution in [2.75, 3.05) is 7.11 Å². The fourth-order valence-electron chi connectivity index (χ4n) is 1.29. The van der Waals surface area contributed by atoms with Gasteiger partial charge in [0.25, 0.3) is 0 Å². The molecule has 0 aliphatic heterocycles. The van der Waals surface area contributed by atoms with Crippen molar-refractivity contribution in [3.8, 4) is 5.75 Å². The van der Waals surface area contributed by atoms with Crippen LogP contribution in [0.2, 0.25) is 0 Å². The van der Waals surface area contributed by atoms with Crippen LogP contribution in [0.3, 0.4) is 0 Å². The van der Waals surface area contributed by atoms with Gasteiger partial charge >= 0.3 is 0 Å². The maximum Gasteiger partial charge on any atom is 0.220 e. The van der Waals surface area contributed by atoms with Gasteiger partial charge in [0.15, 0.2) is 11.6 Å². The van der Waals surface area contributed by atoms with Crippen molar-refractivity contribution >= 4 is 10.8 Å². The van der Waals surface area contributed by atoms with Crippen LogP contribution in [0.4, 0.5) is 8.78 Å². The number of fused-ring (bicyclic) bond motifs is 1. The van der Waals surface area contributed by atoms with Gasteiger partial charge in [-0.2, -0.15) is 4.39 Å². The van der Waals surface area contributed by atoms with Gasteiger partial charge in [0.2, 0.25) is 5.95 Å². The lowest BCUT2D eigenvalue weighted by Gasteiger charge is -2.04. The van der Waals surface area contributed by atoms with Gasteiger partial charge in [-0.25, -0.2) is 9.37 Å². The molecule has 14 heavy (non-hydrogen) atoms. The van der Waals surface area contributed by atoms with Crippen molar-refractivity contribution in [2.45, 2.75) is 0 Å². The topological polar surface area (TPSA) is 22.1 Å². The summed E-state index contributed by atoms with van der Waals surface area (Å²) in [4.78, 5) is 3.43. The molecule has 2 aromatic rings. The van der Waals surface area contributed by atoms with Crippen LogP contribution < -0.4 is 4.74 Å². The molecule has 1 aromatic heterocycles. The molecule has 0 saturated carbocycles. The fraction of sp³-hybridized carbons (Fsp3) is 0.100. The number of benzene rings is 1. The molecule has 0 N–H and O–H groups in total. The van der Waals surface area contributed by atoms with E-state index in [1.54, 1.807) is 6.07 Å². The Morgan fingerprint density at radius 1 is 1.29 bits per heavy atom. The van der Waals surface area contributed by atoms with Crippen LogP contribution in [0, 0.1) is 11.8 Å². The predicted molar refractivity (Wildman–Crippen MR) is 48.2 cm³/mol. The molecule has 1 heterocycles. The zero-order chi connectivity index (χ0) is 10.1. The van der Waals surface area contributed by atoms with E-state index in [1.165, 1.54) is 19.4 Å². The quantitative estimate of drug-likeness (QED) is 0.652. The largest absolute Gasteiger partial charge is 0.494 e. The number of pyridine rings is 1. The summed E-state index contributed by atoms with van der Waals surface area (Å²) < 4.78 is 31.0. The summed E-state index contributed by atoms with van der Waals surface area (Å²) in [7, 11) is 1.36. The number of ether oxygens (including phenoxy) is 1. The zero-order valence-corrected chi connectivity index (χ0v) is 7.42. The standard InChI is InChI=1S/C10H7F2NO/c1-14-9-4-6-2-3-13-10(12)7(6)5-8(9)11/h2-5H,1H3. The van der Waals surface area contributed by atoms with E-state index < -0.39 is 11.8 Å². The van der Waals surface area contributed by atoms with E-state index in [1.807, 2.05) is 0 Å². The Balaban J connectivity index is 2.79. The molecular formula is C10H7F2NO. The van der Waals surface area contributed by atoms with E-state index in [4.69, 9.17) is 4.74 Å². The average Bonchev–Trinajstić information content (AvgIpc) is 2.19. The van der Waals surface area contributed by atoms with Crippen molar-refractivity contribution in [1.82, 2.24) is 4.98 Å². The van der Waals surface area contributed by atoms with Gasteiger partial charge in [-0.05, 0) is 23.6 Å². The second-order valence-electron chi connectivity index (χ2n) is 2.81. The monoisotopic (exact) mass is 195 g/mol. The number of halogens is 2. The van der Waals surface area contributed by atoms with Crippen LogP contribution in [0.1, 0.15) is 0 Å². The third kappa shape index (κ3) is 1.28. The van der Waals surface area contributed by atoms with E-state index in [2.05, 4.69) is 4.98 Å². The van der Waals surface area contributed by atoms with Crippen LogP contribution in [0.15, 0.2) is 24.4 Å². The molecule has 0 amide bonds. The lowest BCUT2D eigenvalue weighted by Crippen LogP contribution is -1.90. The molecule has 72 valence electrons. The van der Waals surface area contributed by atoms with Gasteiger partial charge in [0.05, 0.1) is 7.11 Å². The molecule has 1 aromatic carbocycles. The van der Waals surface area contributed by atoms with Gasteiger partial charge in [0, 0.05) is 11.6 Å². The van der Waals surface area contributed by atoms with E-state index in [-0.39, 0.29) is 11.1 Å². The molecule has 0 aliphatic carbocycles. The van der Waals surface area contributed by atoms with Crippen LogP contribution in [-0.2, 0) is 0 Å². The van der Waals surface area contributed by atoms with Crippen molar-refractivity contribution in [3.05, 3.63) is 36.2 Å². The molecule has 0 radical (unpaired) electrons. The Morgan fingerprint density at radius 2 is 2.07 bits per heavy atom. The lowest BCUT2D eigenvalue weighted by molar-refractivity contribution is 0.387. The van der Waals surface area contributed by atoms with Crippen molar-refractivity contribution < 1.29 is 13.5 Å². The maximum absolute atomic E-state index is 13.2. The first-order valence-electron chi connectivity index (χ1n) is 4.00. The smallest absolute Gasteiger partial charge is 0.220 e. The van der Waals surface area contributed by atoms with E-state index in [9.17, 15) is 8.78 Å². The normalized spacial score (nSPS) is 10.5. The van der Waals surface area contributed by atoms with E-state index >= 15 is 0 Å². The Bertz CT molecular complexity index is 485. The summed E-state index contributed by atoms with van der Waals surface area (Å²) in [6.07, 6.45) is 1.33. The van der Waals surface area contributed by atoms with Crippen molar-refractivity contribution in [2.24, 2.45) is 0 Å². The number of nitrogens with zero attached hydrogens (tertiary/aromatic N) is 1. The Kier molecular flexibility index (Phi) is 2.04. The number of hydrogen-bond acceptors (Lipinski definition) is 2. The van der Waals surface area contributed by atoms with Crippen LogP contribution in [0.25, 0.3) is 10.8 Å². The molecule has 0 bridgehead atoms. The summed E-state index contributed by atoms with van der Waals surface area (Å²) >= 11 is 0. The third-order valence-electron chi connectivity index (χ3n) is 1.99. The molecule has 0 spiro atoms. The van der Waals surface area contributed by atoms with Gasteiger partial charge in [-0.15, -0.1) is 0 Å². The molecule has 0 fully saturated rings. The van der Waals surface area contributed by atoms with E-state index in [0.29, 0.717) is 5.39 Å². The second kappa shape index (κ2) is 3.21. The van der Waals surface area contributed by atoms with Crippen molar-refractivity contribution in [1.29, 1.82) is 0 Å². The summed E-state index contributed by atoms with van der Waals surface area (Å²) in [6, 6.07) is 4.12. The molecule has 0 aliphatic rings. The molecular weight excluding hydrogens is 188 g/mol.